The first-order chi connectivity index (χ1) is 5.88. The third-order valence-electron chi connectivity index (χ3n) is 1.75. The minimum Gasteiger partial charge on any atom is -0.276 e. The van der Waals surface area contributed by atoms with Crippen molar-refractivity contribution < 1.29 is 0 Å². The Morgan fingerprint density at radius 1 is 1.33 bits per heavy atom. The number of aromatic nitrogens is 3. The van der Waals surface area contributed by atoms with Crippen molar-refractivity contribution in [3.8, 4) is 11.4 Å². The number of nitrogens with zero attached hydrogens (tertiary/aromatic N) is 2. The van der Waals surface area contributed by atoms with Crippen molar-refractivity contribution in [3.05, 3.63) is 36.2 Å². The summed E-state index contributed by atoms with van der Waals surface area (Å²) in [5.41, 5.74) is 3.05. The Morgan fingerprint density at radius 3 is 2.83 bits per heavy atom. The van der Waals surface area contributed by atoms with Gasteiger partial charge in [0.1, 0.15) is 0 Å². The molecule has 2 aromatic rings. The van der Waals surface area contributed by atoms with Gasteiger partial charge in [0.05, 0.1) is 17.6 Å². The molecule has 0 aliphatic carbocycles. The standard InChI is InChI=1S/C9H9N3/c1-7-6-11-12-9(7)8-4-2-3-5-10-8/h2-6H,1H3,(H,11,12). The van der Waals surface area contributed by atoms with Gasteiger partial charge < -0.3 is 0 Å². The number of H-pyrrole nitrogens is 1. The first-order valence-corrected chi connectivity index (χ1v) is 3.79. The molecule has 0 spiro atoms. The zero-order chi connectivity index (χ0) is 8.39. The highest BCUT2D eigenvalue weighted by atomic mass is 15.1. The van der Waals surface area contributed by atoms with Crippen LogP contribution in [0.1, 0.15) is 5.56 Å². The lowest BCUT2D eigenvalue weighted by molar-refractivity contribution is 1.09. The number of pyridine rings is 1. The topological polar surface area (TPSA) is 41.6 Å². The van der Waals surface area contributed by atoms with Crippen LogP contribution in [0.25, 0.3) is 11.4 Å². The van der Waals surface area contributed by atoms with Gasteiger partial charge in [0.15, 0.2) is 0 Å². The van der Waals surface area contributed by atoms with Crippen molar-refractivity contribution in [2.24, 2.45) is 0 Å². The molecule has 0 aliphatic heterocycles. The first-order valence-electron chi connectivity index (χ1n) is 3.79. The van der Waals surface area contributed by atoms with Crippen LogP contribution < -0.4 is 0 Å². The summed E-state index contributed by atoms with van der Waals surface area (Å²) in [5, 5.41) is 6.84. The van der Waals surface area contributed by atoms with E-state index in [1.165, 1.54) is 0 Å². The highest BCUT2D eigenvalue weighted by Crippen LogP contribution is 2.16. The van der Waals surface area contributed by atoms with Crippen LogP contribution in [0, 0.1) is 6.92 Å². The molecule has 0 unspecified atom stereocenters. The molecule has 1 N–H and O–H groups in total. The molecule has 12 heavy (non-hydrogen) atoms. The van der Waals surface area contributed by atoms with Gasteiger partial charge >= 0.3 is 0 Å². The minimum absolute atomic E-state index is 0.938. The normalized spacial score (nSPS) is 10.1. The molecule has 0 aromatic carbocycles. The number of nitrogens with one attached hydrogen (secondary N) is 1. The molecule has 0 saturated heterocycles. The van der Waals surface area contributed by atoms with Crippen molar-refractivity contribution in [1.29, 1.82) is 0 Å². The van der Waals surface area contributed by atoms with E-state index in [9.17, 15) is 0 Å². The van der Waals surface area contributed by atoms with Crippen molar-refractivity contribution in [2.45, 2.75) is 6.92 Å². The lowest BCUT2D eigenvalue weighted by Gasteiger charge is -1.95. The van der Waals surface area contributed by atoms with Gasteiger partial charge in [0, 0.05) is 6.20 Å². The number of aromatic amines is 1. The van der Waals surface area contributed by atoms with Gasteiger partial charge in [-0.05, 0) is 24.6 Å². The lowest BCUT2D eigenvalue weighted by Crippen LogP contribution is -1.83. The molecule has 0 aliphatic rings. The second kappa shape index (κ2) is 2.77. The molecule has 0 bridgehead atoms. The smallest absolute Gasteiger partial charge is 0.0883 e. The molecule has 2 aromatic heterocycles. The molecule has 3 nitrogen and oxygen atoms in total. The third kappa shape index (κ3) is 1.09. The van der Waals surface area contributed by atoms with E-state index in [-0.39, 0.29) is 0 Å². The number of aryl methyl sites for hydroxylation is 1. The van der Waals surface area contributed by atoms with E-state index in [0.717, 1.165) is 17.0 Å². The van der Waals surface area contributed by atoms with Crippen LogP contribution in [0.15, 0.2) is 30.6 Å². The quantitative estimate of drug-likeness (QED) is 0.689. The summed E-state index contributed by atoms with van der Waals surface area (Å²) < 4.78 is 0. The van der Waals surface area contributed by atoms with E-state index in [1.807, 2.05) is 25.1 Å². The Balaban J connectivity index is 2.51. The third-order valence-corrected chi connectivity index (χ3v) is 1.75. The van der Waals surface area contributed by atoms with Crippen LogP contribution in [-0.4, -0.2) is 15.2 Å². The highest BCUT2D eigenvalue weighted by Gasteiger charge is 2.02. The molecular weight excluding hydrogens is 150 g/mol. The van der Waals surface area contributed by atoms with Crippen molar-refractivity contribution >= 4 is 0 Å². The Morgan fingerprint density at radius 2 is 2.25 bits per heavy atom. The summed E-state index contributed by atoms with van der Waals surface area (Å²) in [5.74, 6) is 0. The van der Waals surface area contributed by atoms with Crippen molar-refractivity contribution in [1.82, 2.24) is 15.2 Å². The fourth-order valence-electron chi connectivity index (χ4n) is 1.12. The Hall–Kier alpha value is -1.64. The van der Waals surface area contributed by atoms with Crippen molar-refractivity contribution in [2.75, 3.05) is 0 Å². The van der Waals surface area contributed by atoms with Crippen LogP contribution in [0.5, 0.6) is 0 Å². The summed E-state index contributed by atoms with van der Waals surface area (Å²) in [6.45, 7) is 2.01. The van der Waals surface area contributed by atoms with Crippen molar-refractivity contribution in [3.63, 3.8) is 0 Å². The number of hydrogen-bond donors (Lipinski definition) is 1. The predicted octanol–water partition coefficient (Wildman–Crippen LogP) is 1.78. The van der Waals surface area contributed by atoms with E-state index in [4.69, 9.17) is 0 Å². The summed E-state index contributed by atoms with van der Waals surface area (Å²) >= 11 is 0. The van der Waals surface area contributed by atoms with Gasteiger partial charge in [-0.2, -0.15) is 5.10 Å². The van der Waals surface area contributed by atoms with Gasteiger partial charge in [-0.25, -0.2) is 0 Å². The molecule has 0 fully saturated rings. The largest absolute Gasteiger partial charge is 0.276 e. The molecule has 60 valence electrons. The fourth-order valence-corrected chi connectivity index (χ4v) is 1.12. The SMILES string of the molecule is Cc1cn[nH]c1-c1ccccn1. The summed E-state index contributed by atoms with van der Waals surface area (Å²) in [4.78, 5) is 4.21. The lowest BCUT2D eigenvalue weighted by atomic mass is 10.2. The zero-order valence-electron chi connectivity index (χ0n) is 6.78. The van der Waals surface area contributed by atoms with Gasteiger partial charge in [0.2, 0.25) is 0 Å². The minimum atomic E-state index is 0.938. The van der Waals surface area contributed by atoms with E-state index in [1.54, 1.807) is 12.4 Å². The molecule has 2 heterocycles. The molecule has 0 amide bonds. The monoisotopic (exact) mass is 159 g/mol. The Labute approximate surface area is 70.5 Å². The molecule has 0 saturated carbocycles. The summed E-state index contributed by atoms with van der Waals surface area (Å²) in [6, 6.07) is 5.82. The van der Waals surface area contributed by atoms with E-state index in [2.05, 4.69) is 15.2 Å². The van der Waals surface area contributed by atoms with Crippen LogP contribution in [-0.2, 0) is 0 Å². The van der Waals surface area contributed by atoms with Crippen LogP contribution >= 0.6 is 0 Å². The fraction of sp³-hybridized carbons (Fsp3) is 0.111. The summed E-state index contributed by atoms with van der Waals surface area (Å²) in [6.07, 6.45) is 3.57. The van der Waals surface area contributed by atoms with E-state index >= 15 is 0 Å². The number of rotatable bonds is 1. The van der Waals surface area contributed by atoms with Gasteiger partial charge in [-0.15, -0.1) is 0 Å². The summed E-state index contributed by atoms with van der Waals surface area (Å²) in [7, 11) is 0. The predicted molar refractivity (Wildman–Crippen MR) is 46.6 cm³/mol. The number of hydrogen-bond acceptors (Lipinski definition) is 2. The van der Waals surface area contributed by atoms with Gasteiger partial charge in [0.25, 0.3) is 0 Å². The average molecular weight is 159 g/mol. The molecule has 0 radical (unpaired) electrons. The Kier molecular flexibility index (Phi) is 1.63. The maximum absolute atomic E-state index is 4.21. The first kappa shape index (κ1) is 7.03. The average Bonchev–Trinajstić information content (AvgIpc) is 2.53. The molecule has 0 atom stereocenters. The van der Waals surface area contributed by atoms with Gasteiger partial charge in [-0.1, -0.05) is 6.07 Å². The Bertz CT molecular complexity index is 364. The van der Waals surface area contributed by atoms with Crippen LogP contribution in [0.4, 0.5) is 0 Å². The van der Waals surface area contributed by atoms with E-state index in [0.29, 0.717) is 0 Å². The maximum atomic E-state index is 4.21. The molecular formula is C9H9N3. The second-order valence-corrected chi connectivity index (χ2v) is 2.64. The highest BCUT2D eigenvalue weighted by molar-refractivity contribution is 5.57. The second-order valence-electron chi connectivity index (χ2n) is 2.64. The zero-order valence-corrected chi connectivity index (χ0v) is 6.78. The van der Waals surface area contributed by atoms with E-state index < -0.39 is 0 Å². The van der Waals surface area contributed by atoms with Crippen LogP contribution in [0.2, 0.25) is 0 Å². The molecule has 2 rings (SSSR count). The molecule has 3 heteroatoms. The van der Waals surface area contributed by atoms with Crippen LogP contribution in [0.3, 0.4) is 0 Å². The van der Waals surface area contributed by atoms with Gasteiger partial charge in [-0.3, -0.25) is 10.1 Å². The maximum Gasteiger partial charge on any atom is 0.0883 e.